The molecule has 0 bridgehead atoms. The minimum Gasteiger partial charge on any atom is -0.368 e. The number of aromatic nitrogens is 2. The Kier molecular flexibility index (Phi) is 3.94. The van der Waals surface area contributed by atoms with Crippen LogP contribution in [0.25, 0.3) is 22.5 Å². The van der Waals surface area contributed by atoms with E-state index in [9.17, 15) is 9.18 Å². The predicted octanol–water partition coefficient (Wildman–Crippen LogP) is 3.67. The summed E-state index contributed by atoms with van der Waals surface area (Å²) in [5, 5.41) is 0. The molecule has 1 saturated heterocycles. The summed E-state index contributed by atoms with van der Waals surface area (Å²) in [7, 11) is 0. The number of ketones is 1. The number of benzene rings is 2. The van der Waals surface area contributed by atoms with Gasteiger partial charge < -0.3 is 5.73 Å². The van der Waals surface area contributed by atoms with E-state index in [-0.39, 0.29) is 17.5 Å². The molecule has 1 aromatic heterocycles. The van der Waals surface area contributed by atoms with E-state index in [0.717, 1.165) is 30.8 Å². The van der Waals surface area contributed by atoms with Crippen LogP contribution < -0.4 is 5.73 Å². The smallest absolute Gasteiger partial charge is 0.221 e. The lowest BCUT2D eigenvalue weighted by molar-refractivity contribution is 0.104. The molecule has 0 amide bonds. The first kappa shape index (κ1) is 17.0. The summed E-state index contributed by atoms with van der Waals surface area (Å²) in [6.07, 6.45) is 2.41. The summed E-state index contributed by atoms with van der Waals surface area (Å²) in [6, 6.07) is 11.7. The van der Waals surface area contributed by atoms with E-state index in [1.165, 1.54) is 25.0 Å². The molecule has 0 radical (unpaired) electrons. The number of nitrogens with zero attached hydrogens (tertiary/aromatic N) is 3. The maximum absolute atomic E-state index is 13.4. The summed E-state index contributed by atoms with van der Waals surface area (Å²) in [5.74, 6) is -0.341. The van der Waals surface area contributed by atoms with Gasteiger partial charge in [-0.25, -0.2) is 14.4 Å². The van der Waals surface area contributed by atoms with E-state index in [1.807, 2.05) is 12.1 Å². The largest absolute Gasteiger partial charge is 0.368 e. The molecule has 1 aliphatic heterocycles. The Bertz CT molecular complexity index is 1090. The van der Waals surface area contributed by atoms with E-state index in [1.54, 1.807) is 12.1 Å². The summed E-state index contributed by atoms with van der Waals surface area (Å²) >= 11 is 0. The lowest BCUT2D eigenvalue weighted by Gasteiger charge is -2.17. The van der Waals surface area contributed by atoms with Gasteiger partial charge in [-0.05, 0) is 55.8 Å². The molecular formula is C22H19FN4O. The molecule has 0 unspecified atom stereocenters. The number of nitrogen functional groups attached to an aromatic ring is 1. The van der Waals surface area contributed by atoms with Gasteiger partial charge in [-0.1, -0.05) is 18.2 Å². The van der Waals surface area contributed by atoms with Gasteiger partial charge in [0.25, 0.3) is 0 Å². The van der Waals surface area contributed by atoms with Crippen molar-refractivity contribution in [3.05, 3.63) is 65.0 Å². The van der Waals surface area contributed by atoms with Gasteiger partial charge in [0, 0.05) is 23.2 Å². The van der Waals surface area contributed by atoms with Crippen molar-refractivity contribution in [2.45, 2.75) is 19.4 Å². The van der Waals surface area contributed by atoms with Crippen molar-refractivity contribution in [3.8, 4) is 22.5 Å². The van der Waals surface area contributed by atoms with E-state index < -0.39 is 0 Å². The number of hydrogen-bond donors (Lipinski definition) is 1. The number of hydrogen-bond acceptors (Lipinski definition) is 5. The minimum absolute atomic E-state index is 0.104. The second-order valence-electron chi connectivity index (χ2n) is 7.31. The molecule has 0 spiro atoms. The molecular weight excluding hydrogens is 355 g/mol. The first-order chi connectivity index (χ1) is 13.6. The summed E-state index contributed by atoms with van der Waals surface area (Å²) < 4.78 is 13.4. The molecule has 5 rings (SSSR count). The number of fused-ring (bicyclic) bond motifs is 3. The van der Waals surface area contributed by atoms with Crippen molar-refractivity contribution in [3.63, 3.8) is 0 Å². The topological polar surface area (TPSA) is 72.1 Å². The van der Waals surface area contributed by atoms with E-state index in [0.29, 0.717) is 28.1 Å². The Balaban J connectivity index is 1.69. The maximum atomic E-state index is 13.4. The molecule has 28 heavy (non-hydrogen) atoms. The molecule has 1 fully saturated rings. The van der Waals surface area contributed by atoms with Crippen molar-refractivity contribution < 1.29 is 9.18 Å². The quantitative estimate of drug-likeness (QED) is 0.592. The van der Waals surface area contributed by atoms with Crippen LogP contribution >= 0.6 is 0 Å². The van der Waals surface area contributed by atoms with Gasteiger partial charge in [0.2, 0.25) is 5.95 Å². The molecule has 1 aliphatic carbocycles. The first-order valence-electron chi connectivity index (χ1n) is 9.44. The highest BCUT2D eigenvalue weighted by molar-refractivity contribution is 6.24. The highest BCUT2D eigenvalue weighted by Gasteiger charge is 2.34. The van der Waals surface area contributed by atoms with Crippen LogP contribution in [-0.4, -0.2) is 33.7 Å². The van der Waals surface area contributed by atoms with Crippen LogP contribution in [0.5, 0.6) is 0 Å². The van der Waals surface area contributed by atoms with Gasteiger partial charge >= 0.3 is 0 Å². The van der Waals surface area contributed by atoms with Crippen LogP contribution in [0.4, 0.5) is 10.3 Å². The predicted molar refractivity (Wildman–Crippen MR) is 105 cm³/mol. The fraction of sp³-hybridized carbons (Fsp3) is 0.227. The van der Waals surface area contributed by atoms with Crippen LogP contribution in [0.1, 0.15) is 34.3 Å². The van der Waals surface area contributed by atoms with Gasteiger partial charge in [-0.2, -0.15) is 0 Å². The number of anilines is 1. The third-order valence-corrected chi connectivity index (χ3v) is 5.50. The van der Waals surface area contributed by atoms with Crippen LogP contribution in [0.3, 0.4) is 0 Å². The van der Waals surface area contributed by atoms with Gasteiger partial charge in [0.1, 0.15) is 5.82 Å². The molecule has 5 nitrogen and oxygen atoms in total. The number of halogens is 1. The van der Waals surface area contributed by atoms with Crippen LogP contribution in [0.15, 0.2) is 42.5 Å². The van der Waals surface area contributed by atoms with E-state index in [2.05, 4.69) is 20.9 Å². The Hall–Kier alpha value is -3.12. The molecule has 2 heterocycles. The zero-order valence-corrected chi connectivity index (χ0v) is 15.3. The Morgan fingerprint density at radius 1 is 0.964 bits per heavy atom. The van der Waals surface area contributed by atoms with Gasteiger partial charge in [-0.3, -0.25) is 9.69 Å². The molecule has 2 aromatic carbocycles. The first-order valence-corrected chi connectivity index (χ1v) is 9.44. The van der Waals surface area contributed by atoms with Crippen LogP contribution in [-0.2, 0) is 6.54 Å². The fourth-order valence-electron chi connectivity index (χ4n) is 4.21. The summed E-state index contributed by atoms with van der Waals surface area (Å²) in [5.41, 5.74) is 10.7. The van der Waals surface area contributed by atoms with E-state index in [4.69, 9.17) is 5.73 Å². The Morgan fingerprint density at radius 2 is 1.68 bits per heavy atom. The molecule has 0 atom stereocenters. The average molecular weight is 374 g/mol. The standard InChI is InChI=1S/C22H19FN4O/c23-15-8-6-13(7-9-15)19-18-20(26-22(24)25-19)17-14(12-27-10-1-2-11-27)4-3-5-16(17)21(18)28/h3-9H,1-2,10-12H2,(H2,24,25,26). The highest BCUT2D eigenvalue weighted by atomic mass is 19.1. The van der Waals surface area contributed by atoms with Crippen LogP contribution in [0.2, 0.25) is 0 Å². The Labute approximate surface area is 162 Å². The second-order valence-corrected chi connectivity index (χ2v) is 7.31. The van der Waals surface area contributed by atoms with Crippen molar-refractivity contribution in [2.75, 3.05) is 18.8 Å². The van der Waals surface area contributed by atoms with Crippen LogP contribution in [0, 0.1) is 5.82 Å². The number of carbonyl (C=O) groups excluding carboxylic acids is 1. The minimum atomic E-state index is -0.343. The second kappa shape index (κ2) is 6.49. The van der Waals surface area contributed by atoms with Crippen molar-refractivity contribution >= 4 is 11.7 Å². The molecule has 0 saturated carbocycles. The maximum Gasteiger partial charge on any atom is 0.221 e. The normalized spacial score (nSPS) is 15.7. The number of nitrogens with two attached hydrogens (primary N) is 1. The molecule has 2 N–H and O–H groups in total. The fourth-order valence-corrected chi connectivity index (χ4v) is 4.21. The summed E-state index contributed by atoms with van der Waals surface area (Å²) in [4.78, 5) is 24.4. The van der Waals surface area contributed by atoms with Crippen molar-refractivity contribution in [2.24, 2.45) is 0 Å². The highest BCUT2D eigenvalue weighted by Crippen LogP contribution is 2.42. The van der Waals surface area contributed by atoms with E-state index >= 15 is 0 Å². The molecule has 2 aliphatic rings. The third kappa shape index (κ3) is 2.68. The van der Waals surface area contributed by atoms with Crippen molar-refractivity contribution in [1.82, 2.24) is 14.9 Å². The number of rotatable bonds is 3. The van der Waals surface area contributed by atoms with Gasteiger partial charge in [0.15, 0.2) is 5.78 Å². The summed E-state index contributed by atoms with van der Waals surface area (Å²) in [6.45, 7) is 2.92. The zero-order valence-electron chi connectivity index (χ0n) is 15.3. The number of carbonyl (C=O) groups is 1. The average Bonchev–Trinajstić information content (AvgIpc) is 3.29. The molecule has 3 aromatic rings. The monoisotopic (exact) mass is 374 g/mol. The lowest BCUT2D eigenvalue weighted by Crippen LogP contribution is -2.19. The Morgan fingerprint density at radius 3 is 2.43 bits per heavy atom. The lowest BCUT2D eigenvalue weighted by atomic mass is 10.0. The third-order valence-electron chi connectivity index (χ3n) is 5.50. The molecule has 6 heteroatoms. The molecule has 140 valence electrons. The van der Waals surface area contributed by atoms with Crippen molar-refractivity contribution in [1.29, 1.82) is 0 Å². The zero-order chi connectivity index (χ0) is 19.3. The van der Waals surface area contributed by atoms with Gasteiger partial charge in [0.05, 0.1) is 17.0 Å². The SMILES string of the molecule is Nc1nc(-c2ccc(F)cc2)c2c(n1)-c1c(CN3CCCC3)cccc1C2=O. The number of likely N-dealkylation sites (tertiary alicyclic amines) is 1. The van der Waals surface area contributed by atoms with Gasteiger partial charge in [-0.15, -0.1) is 0 Å².